The molecule has 0 bridgehead atoms. The van der Waals surface area contributed by atoms with Crippen LogP contribution < -0.4 is 5.32 Å². The molecule has 0 saturated carbocycles. The molecule has 92 valence electrons. The monoisotopic (exact) mass is 250 g/mol. The Balaban J connectivity index is 1.75. The number of hydrogen-bond acceptors (Lipinski definition) is 2. The second-order valence-corrected chi connectivity index (χ2v) is 5.53. The van der Waals surface area contributed by atoms with Gasteiger partial charge in [0, 0.05) is 37.2 Å². The Kier molecular flexibility index (Phi) is 3.37. The molecule has 0 amide bonds. The highest BCUT2D eigenvalue weighted by molar-refractivity contribution is 6.30. The predicted molar refractivity (Wildman–Crippen MR) is 71.7 cm³/mol. The molecule has 1 N–H and O–H groups in total. The van der Waals surface area contributed by atoms with Crippen LogP contribution >= 0.6 is 11.6 Å². The maximum atomic E-state index is 6.09. The van der Waals surface area contributed by atoms with E-state index in [9.17, 15) is 0 Å². The fourth-order valence-corrected chi connectivity index (χ4v) is 3.26. The third-order valence-electron chi connectivity index (χ3n) is 4.04. The molecule has 1 heterocycles. The molecule has 1 aliphatic heterocycles. The van der Waals surface area contributed by atoms with Crippen LogP contribution in [0.1, 0.15) is 17.5 Å². The van der Waals surface area contributed by atoms with Gasteiger partial charge in [-0.3, -0.25) is 4.90 Å². The fourth-order valence-electron chi connectivity index (χ4n) is 3.07. The molecule has 2 nitrogen and oxygen atoms in total. The van der Waals surface area contributed by atoms with E-state index >= 15 is 0 Å². The van der Waals surface area contributed by atoms with Crippen molar-refractivity contribution in [1.82, 2.24) is 10.2 Å². The van der Waals surface area contributed by atoms with E-state index in [0.29, 0.717) is 0 Å². The van der Waals surface area contributed by atoms with Crippen LogP contribution in [0.3, 0.4) is 0 Å². The van der Waals surface area contributed by atoms with Gasteiger partial charge in [-0.1, -0.05) is 17.7 Å². The molecule has 2 aliphatic rings. The number of nitrogens with one attached hydrogen (secondary N) is 1. The quantitative estimate of drug-likeness (QED) is 0.821. The van der Waals surface area contributed by atoms with E-state index in [1.165, 1.54) is 43.5 Å². The van der Waals surface area contributed by atoms with Crippen LogP contribution in [-0.2, 0) is 12.8 Å². The summed E-state index contributed by atoms with van der Waals surface area (Å²) in [5.41, 5.74) is 2.97. The van der Waals surface area contributed by atoms with Gasteiger partial charge in [-0.25, -0.2) is 0 Å². The number of rotatable bonds is 1. The molecule has 3 rings (SSSR count). The number of piperazine rings is 1. The number of hydrogen-bond donors (Lipinski definition) is 1. The van der Waals surface area contributed by atoms with Gasteiger partial charge < -0.3 is 5.32 Å². The zero-order valence-corrected chi connectivity index (χ0v) is 10.8. The summed E-state index contributed by atoms with van der Waals surface area (Å²) in [6.45, 7) is 4.67. The maximum absolute atomic E-state index is 6.09. The summed E-state index contributed by atoms with van der Waals surface area (Å²) in [4.78, 5) is 2.64. The highest BCUT2D eigenvalue weighted by Gasteiger charge is 2.25. The lowest BCUT2D eigenvalue weighted by molar-refractivity contribution is 0.159. The zero-order valence-electron chi connectivity index (χ0n) is 10.1. The molecule has 1 saturated heterocycles. The Morgan fingerprint density at radius 3 is 2.82 bits per heavy atom. The Labute approximate surface area is 108 Å². The van der Waals surface area contributed by atoms with Crippen LogP contribution in [0.4, 0.5) is 0 Å². The third-order valence-corrected chi connectivity index (χ3v) is 4.27. The fraction of sp³-hybridized carbons (Fsp3) is 0.571. The molecule has 1 aromatic carbocycles. The van der Waals surface area contributed by atoms with Crippen LogP contribution in [0.5, 0.6) is 0 Å². The first kappa shape index (κ1) is 11.5. The second kappa shape index (κ2) is 4.97. The maximum Gasteiger partial charge on any atom is 0.0408 e. The van der Waals surface area contributed by atoms with Crippen molar-refractivity contribution in [3.05, 3.63) is 34.3 Å². The van der Waals surface area contributed by atoms with Gasteiger partial charge in [0.1, 0.15) is 0 Å². The van der Waals surface area contributed by atoms with Gasteiger partial charge in [-0.05, 0) is 42.5 Å². The summed E-state index contributed by atoms with van der Waals surface area (Å²) in [5, 5.41) is 4.30. The van der Waals surface area contributed by atoms with E-state index in [0.717, 1.165) is 24.2 Å². The number of aryl methyl sites for hydroxylation is 1. The van der Waals surface area contributed by atoms with Gasteiger partial charge in [0.25, 0.3) is 0 Å². The largest absolute Gasteiger partial charge is 0.314 e. The van der Waals surface area contributed by atoms with Gasteiger partial charge in [0.2, 0.25) is 0 Å². The van der Waals surface area contributed by atoms with Crippen molar-refractivity contribution in [3.8, 4) is 0 Å². The number of benzene rings is 1. The van der Waals surface area contributed by atoms with Crippen LogP contribution in [0.25, 0.3) is 0 Å². The SMILES string of the molecule is Clc1ccc2c(c1)CC(N1CCNCC1)CC2. The molecule has 17 heavy (non-hydrogen) atoms. The van der Waals surface area contributed by atoms with E-state index in [1.54, 1.807) is 0 Å². The molecule has 1 atom stereocenters. The molecule has 1 aliphatic carbocycles. The van der Waals surface area contributed by atoms with E-state index in [4.69, 9.17) is 11.6 Å². The van der Waals surface area contributed by atoms with Crippen LogP contribution in [0.2, 0.25) is 5.02 Å². The van der Waals surface area contributed by atoms with Crippen molar-refractivity contribution in [2.24, 2.45) is 0 Å². The standard InChI is InChI=1S/C14H19ClN2/c15-13-3-1-11-2-4-14(10-12(11)9-13)17-7-5-16-6-8-17/h1,3,9,14,16H,2,4-8,10H2. The topological polar surface area (TPSA) is 15.3 Å². The van der Waals surface area contributed by atoms with Crippen molar-refractivity contribution >= 4 is 11.6 Å². The Hall–Kier alpha value is -0.570. The summed E-state index contributed by atoms with van der Waals surface area (Å²) < 4.78 is 0. The summed E-state index contributed by atoms with van der Waals surface area (Å²) in [6, 6.07) is 7.10. The van der Waals surface area contributed by atoms with E-state index < -0.39 is 0 Å². The van der Waals surface area contributed by atoms with E-state index in [1.807, 2.05) is 6.07 Å². The number of halogens is 1. The molecule has 0 radical (unpaired) electrons. The third kappa shape index (κ3) is 2.49. The van der Waals surface area contributed by atoms with Gasteiger partial charge in [0.05, 0.1) is 0 Å². The number of fused-ring (bicyclic) bond motifs is 1. The first-order valence-electron chi connectivity index (χ1n) is 6.55. The van der Waals surface area contributed by atoms with Crippen molar-refractivity contribution < 1.29 is 0 Å². The van der Waals surface area contributed by atoms with Crippen LogP contribution in [-0.4, -0.2) is 37.1 Å². The minimum atomic E-state index is 0.725. The minimum absolute atomic E-state index is 0.725. The van der Waals surface area contributed by atoms with E-state index in [-0.39, 0.29) is 0 Å². The second-order valence-electron chi connectivity index (χ2n) is 5.10. The number of nitrogens with zero attached hydrogens (tertiary/aromatic N) is 1. The Bertz CT molecular complexity index is 399. The van der Waals surface area contributed by atoms with Gasteiger partial charge in [-0.15, -0.1) is 0 Å². The van der Waals surface area contributed by atoms with Crippen molar-refractivity contribution in [2.75, 3.05) is 26.2 Å². The predicted octanol–water partition coefficient (Wildman–Crippen LogP) is 2.10. The Morgan fingerprint density at radius 2 is 2.00 bits per heavy atom. The van der Waals surface area contributed by atoms with Gasteiger partial charge in [0.15, 0.2) is 0 Å². The lowest BCUT2D eigenvalue weighted by Gasteiger charge is -2.37. The summed E-state index contributed by atoms with van der Waals surface area (Å²) >= 11 is 6.09. The molecule has 0 spiro atoms. The van der Waals surface area contributed by atoms with Crippen LogP contribution in [0, 0.1) is 0 Å². The molecule has 1 aromatic rings. The van der Waals surface area contributed by atoms with E-state index in [2.05, 4.69) is 22.3 Å². The summed E-state index contributed by atoms with van der Waals surface area (Å²) in [7, 11) is 0. The Morgan fingerprint density at radius 1 is 1.18 bits per heavy atom. The normalized spacial score (nSPS) is 25.6. The first-order valence-corrected chi connectivity index (χ1v) is 6.93. The summed E-state index contributed by atoms with van der Waals surface area (Å²) in [5.74, 6) is 0. The van der Waals surface area contributed by atoms with Gasteiger partial charge >= 0.3 is 0 Å². The molecule has 0 aromatic heterocycles. The lowest BCUT2D eigenvalue weighted by atomic mass is 9.87. The highest BCUT2D eigenvalue weighted by atomic mass is 35.5. The molecule has 1 fully saturated rings. The van der Waals surface area contributed by atoms with Crippen molar-refractivity contribution in [2.45, 2.75) is 25.3 Å². The lowest BCUT2D eigenvalue weighted by Crippen LogP contribution is -2.50. The molecular weight excluding hydrogens is 232 g/mol. The van der Waals surface area contributed by atoms with Gasteiger partial charge in [-0.2, -0.15) is 0 Å². The van der Waals surface area contributed by atoms with Crippen molar-refractivity contribution in [1.29, 1.82) is 0 Å². The minimum Gasteiger partial charge on any atom is -0.314 e. The van der Waals surface area contributed by atoms with Crippen molar-refractivity contribution in [3.63, 3.8) is 0 Å². The average Bonchev–Trinajstić information content (AvgIpc) is 2.39. The molecule has 3 heteroatoms. The average molecular weight is 251 g/mol. The zero-order chi connectivity index (χ0) is 11.7. The molecular formula is C14H19ClN2. The smallest absolute Gasteiger partial charge is 0.0408 e. The highest BCUT2D eigenvalue weighted by Crippen LogP contribution is 2.27. The van der Waals surface area contributed by atoms with Crippen LogP contribution in [0.15, 0.2) is 18.2 Å². The first-order chi connectivity index (χ1) is 8.33. The summed E-state index contributed by atoms with van der Waals surface area (Å²) in [6.07, 6.45) is 3.69. The molecule has 1 unspecified atom stereocenters.